The number of amides is 4. The van der Waals surface area contributed by atoms with Gasteiger partial charge in [-0.3, -0.25) is 14.9 Å². The fourth-order valence-corrected chi connectivity index (χ4v) is 3.12. The Hall–Kier alpha value is -3.85. The first kappa shape index (κ1) is 23.8. The van der Waals surface area contributed by atoms with E-state index in [1.807, 2.05) is 0 Å². The number of esters is 1. The number of ether oxygens (including phenoxy) is 3. The minimum absolute atomic E-state index is 0.235. The summed E-state index contributed by atoms with van der Waals surface area (Å²) >= 11 is 5.87. The Kier molecular flexibility index (Phi) is 7.68. The van der Waals surface area contributed by atoms with Crippen molar-refractivity contribution in [3.05, 3.63) is 58.6 Å². The average Bonchev–Trinajstić information content (AvgIpc) is 2.77. The number of hydrogen-bond donors (Lipinski definition) is 1. The van der Waals surface area contributed by atoms with Gasteiger partial charge in [-0.1, -0.05) is 17.7 Å². The molecule has 0 saturated carbocycles. The van der Waals surface area contributed by atoms with Crippen LogP contribution in [0, 0.1) is 0 Å². The van der Waals surface area contributed by atoms with Crippen molar-refractivity contribution < 1.29 is 33.4 Å². The molecule has 1 aliphatic rings. The van der Waals surface area contributed by atoms with Crippen LogP contribution in [0.2, 0.25) is 5.02 Å². The highest BCUT2D eigenvalue weighted by molar-refractivity contribution is 6.39. The maximum atomic E-state index is 13.0. The van der Waals surface area contributed by atoms with Gasteiger partial charge in [-0.15, -0.1) is 0 Å². The average molecular weight is 473 g/mol. The predicted octanol–water partition coefficient (Wildman–Crippen LogP) is 3.35. The van der Waals surface area contributed by atoms with E-state index < -0.39 is 23.8 Å². The molecule has 172 valence electrons. The van der Waals surface area contributed by atoms with Crippen LogP contribution in [0.5, 0.6) is 11.5 Å². The largest absolute Gasteiger partial charge is 0.490 e. The number of carbonyl (C=O) groups is 4. The van der Waals surface area contributed by atoms with E-state index in [0.29, 0.717) is 28.7 Å². The van der Waals surface area contributed by atoms with Crippen LogP contribution in [0.25, 0.3) is 6.08 Å². The van der Waals surface area contributed by atoms with Crippen LogP contribution in [-0.4, -0.2) is 43.6 Å². The van der Waals surface area contributed by atoms with Crippen LogP contribution < -0.4 is 19.7 Å². The molecular weight excluding hydrogens is 452 g/mol. The number of benzene rings is 2. The Labute approximate surface area is 194 Å². The minimum Gasteiger partial charge on any atom is -0.490 e. The van der Waals surface area contributed by atoms with E-state index in [9.17, 15) is 19.2 Å². The molecule has 0 aromatic heterocycles. The molecule has 2 aromatic carbocycles. The number of nitrogens with zero attached hydrogens (tertiary/aromatic N) is 1. The second-order valence-electron chi connectivity index (χ2n) is 6.67. The number of nitrogens with one attached hydrogen (secondary N) is 1. The summed E-state index contributed by atoms with van der Waals surface area (Å²) in [7, 11) is 0. The summed E-state index contributed by atoms with van der Waals surface area (Å²) in [5, 5.41) is 2.59. The fraction of sp³-hybridized carbons (Fsp3) is 0.217. The highest BCUT2D eigenvalue weighted by Crippen LogP contribution is 2.30. The van der Waals surface area contributed by atoms with Crippen molar-refractivity contribution in [1.29, 1.82) is 0 Å². The van der Waals surface area contributed by atoms with Crippen LogP contribution in [0.4, 0.5) is 10.5 Å². The van der Waals surface area contributed by atoms with Gasteiger partial charge >= 0.3 is 12.0 Å². The monoisotopic (exact) mass is 472 g/mol. The molecule has 0 radical (unpaired) electrons. The maximum absolute atomic E-state index is 13.0. The number of barbiturate groups is 1. The molecule has 0 unspecified atom stereocenters. The number of imide groups is 2. The van der Waals surface area contributed by atoms with Crippen molar-refractivity contribution >= 4 is 47.2 Å². The number of hydrogen-bond acceptors (Lipinski definition) is 7. The minimum atomic E-state index is -0.859. The van der Waals surface area contributed by atoms with Gasteiger partial charge in [-0.25, -0.2) is 14.5 Å². The summed E-state index contributed by atoms with van der Waals surface area (Å²) in [6.45, 7) is 3.71. The fourth-order valence-electron chi connectivity index (χ4n) is 2.99. The van der Waals surface area contributed by atoms with E-state index >= 15 is 0 Å². The molecule has 9 nitrogen and oxygen atoms in total. The SMILES string of the molecule is CCOC(=O)COc1ccc(C=C2C(=O)NC(=O)N(c3ccc(Cl)cc3)C2=O)cc1OCC. The zero-order chi connectivity index (χ0) is 24.0. The van der Waals surface area contributed by atoms with Crippen molar-refractivity contribution in [3.8, 4) is 11.5 Å². The lowest BCUT2D eigenvalue weighted by molar-refractivity contribution is -0.145. The van der Waals surface area contributed by atoms with Crippen molar-refractivity contribution in [3.63, 3.8) is 0 Å². The molecule has 2 aromatic rings. The van der Waals surface area contributed by atoms with Crippen LogP contribution in [0.3, 0.4) is 0 Å². The van der Waals surface area contributed by atoms with Gasteiger partial charge in [-0.05, 0) is 61.9 Å². The molecule has 1 N–H and O–H groups in total. The molecule has 0 bridgehead atoms. The van der Waals surface area contributed by atoms with E-state index in [0.717, 1.165) is 4.90 Å². The quantitative estimate of drug-likeness (QED) is 0.356. The van der Waals surface area contributed by atoms with Crippen molar-refractivity contribution in [2.24, 2.45) is 0 Å². The summed E-state index contributed by atoms with van der Waals surface area (Å²) < 4.78 is 15.9. The Balaban J connectivity index is 1.89. The Morgan fingerprint density at radius 2 is 1.73 bits per heavy atom. The number of anilines is 1. The Morgan fingerprint density at radius 3 is 2.39 bits per heavy atom. The van der Waals surface area contributed by atoms with Gasteiger partial charge in [0.15, 0.2) is 18.1 Å². The van der Waals surface area contributed by atoms with Gasteiger partial charge < -0.3 is 14.2 Å². The number of rotatable bonds is 8. The zero-order valence-corrected chi connectivity index (χ0v) is 18.7. The second-order valence-corrected chi connectivity index (χ2v) is 7.10. The standard InChI is InChI=1S/C23H21ClN2O7/c1-3-31-19-12-14(5-10-18(19)33-13-20(27)32-4-2)11-17-21(28)25-23(30)26(22(17)29)16-8-6-15(24)7-9-16/h5-12H,3-4,13H2,1-2H3,(H,25,28,30). The third-order valence-electron chi connectivity index (χ3n) is 4.42. The molecule has 1 saturated heterocycles. The van der Waals surface area contributed by atoms with Crippen molar-refractivity contribution in [2.75, 3.05) is 24.7 Å². The summed E-state index contributed by atoms with van der Waals surface area (Å²) in [5.74, 6) is -1.53. The summed E-state index contributed by atoms with van der Waals surface area (Å²) in [4.78, 5) is 50.1. The van der Waals surface area contributed by atoms with Gasteiger partial charge in [-0.2, -0.15) is 0 Å². The summed E-state index contributed by atoms with van der Waals surface area (Å²) in [6, 6.07) is 9.87. The van der Waals surface area contributed by atoms with Gasteiger partial charge in [0.1, 0.15) is 5.57 Å². The lowest BCUT2D eigenvalue weighted by Gasteiger charge is -2.26. The maximum Gasteiger partial charge on any atom is 0.344 e. The lowest BCUT2D eigenvalue weighted by Crippen LogP contribution is -2.54. The number of halogens is 1. The second kappa shape index (κ2) is 10.6. The van der Waals surface area contributed by atoms with Crippen molar-refractivity contribution in [2.45, 2.75) is 13.8 Å². The van der Waals surface area contributed by atoms with E-state index in [-0.39, 0.29) is 24.5 Å². The first-order valence-corrected chi connectivity index (χ1v) is 10.4. The summed E-state index contributed by atoms with van der Waals surface area (Å²) in [5.41, 5.74) is 0.469. The van der Waals surface area contributed by atoms with Crippen LogP contribution in [-0.2, 0) is 19.1 Å². The molecule has 0 spiro atoms. The highest BCUT2D eigenvalue weighted by Gasteiger charge is 2.36. The molecule has 3 rings (SSSR count). The van der Waals surface area contributed by atoms with Gasteiger partial charge in [0.05, 0.1) is 18.9 Å². The first-order valence-electron chi connectivity index (χ1n) is 10.1. The molecular formula is C23H21ClN2O7. The van der Waals surface area contributed by atoms with E-state index in [1.165, 1.54) is 30.3 Å². The highest BCUT2D eigenvalue weighted by atomic mass is 35.5. The zero-order valence-electron chi connectivity index (χ0n) is 17.9. The first-order chi connectivity index (χ1) is 15.8. The van der Waals surface area contributed by atoms with Gasteiger partial charge in [0, 0.05) is 5.02 Å². The smallest absolute Gasteiger partial charge is 0.344 e. The molecule has 33 heavy (non-hydrogen) atoms. The van der Waals surface area contributed by atoms with Crippen LogP contribution in [0.1, 0.15) is 19.4 Å². The number of urea groups is 1. The molecule has 4 amide bonds. The van der Waals surface area contributed by atoms with Crippen molar-refractivity contribution in [1.82, 2.24) is 5.32 Å². The predicted molar refractivity (Wildman–Crippen MR) is 120 cm³/mol. The van der Waals surface area contributed by atoms with Gasteiger partial charge in [0.2, 0.25) is 0 Å². The Morgan fingerprint density at radius 1 is 1.00 bits per heavy atom. The molecule has 1 aliphatic heterocycles. The van der Waals surface area contributed by atoms with Crippen LogP contribution >= 0.6 is 11.6 Å². The third-order valence-corrected chi connectivity index (χ3v) is 4.67. The summed E-state index contributed by atoms with van der Waals surface area (Å²) in [6.07, 6.45) is 1.34. The number of carbonyl (C=O) groups excluding carboxylic acids is 4. The molecule has 10 heteroatoms. The van der Waals surface area contributed by atoms with Crippen LogP contribution in [0.15, 0.2) is 48.0 Å². The van der Waals surface area contributed by atoms with E-state index in [2.05, 4.69) is 5.32 Å². The lowest BCUT2D eigenvalue weighted by atomic mass is 10.1. The van der Waals surface area contributed by atoms with Gasteiger partial charge in [0.25, 0.3) is 11.8 Å². The molecule has 0 atom stereocenters. The molecule has 1 heterocycles. The molecule has 1 fully saturated rings. The molecule has 0 aliphatic carbocycles. The topological polar surface area (TPSA) is 111 Å². The Bertz CT molecular complexity index is 1110. The van der Waals surface area contributed by atoms with E-state index in [1.54, 1.807) is 32.0 Å². The third kappa shape index (κ3) is 5.69. The van der Waals surface area contributed by atoms with E-state index in [4.69, 9.17) is 25.8 Å². The normalized spacial score (nSPS) is 14.8.